The zero-order valence-corrected chi connectivity index (χ0v) is 8.81. The van der Waals surface area contributed by atoms with Crippen LogP contribution >= 0.6 is 0 Å². The molecule has 1 aliphatic heterocycles. The largest absolute Gasteiger partial charge is 0.368 e. The lowest BCUT2D eigenvalue weighted by Gasteiger charge is -2.28. The second kappa shape index (κ2) is 4.02. The fourth-order valence-electron chi connectivity index (χ4n) is 2.19. The Morgan fingerprint density at radius 1 is 1.73 bits per heavy atom. The van der Waals surface area contributed by atoms with E-state index in [1.54, 1.807) is 6.20 Å². The van der Waals surface area contributed by atoms with E-state index >= 15 is 0 Å². The summed E-state index contributed by atoms with van der Waals surface area (Å²) in [6.07, 6.45) is 3.59. The number of carbonyl (C=O) groups is 1. The highest BCUT2D eigenvalue weighted by molar-refractivity contribution is 5.80. The third-order valence-corrected chi connectivity index (χ3v) is 3.02. The minimum absolute atomic E-state index is 0.196. The number of piperidine rings is 1. The Labute approximate surface area is 88.6 Å². The van der Waals surface area contributed by atoms with E-state index in [1.807, 2.05) is 17.8 Å². The molecule has 1 aromatic rings. The van der Waals surface area contributed by atoms with Crippen molar-refractivity contribution in [1.29, 1.82) is 0 Å². The van der Waals surface area contributed by atoms with E-state index in [0.29, 0.717) is 5.92 Å². The van der Waals surface area contributed by atoms with Gasteiger partial charge < -0.3 is 11.1 Å². The number of nitrogens with two attached hydrogens (primary N) is 1. The highest BCUT2D eigenvalue weighted by atomic mass is 16.1. The van der Waals surface area contributed by atoms with Crippen molar-refractivity contribution < 1.29 is 4.79 Å². The van der Waals surface area contributed by atoms with Gasteiger partial charge in [-0.15, -0.1) is 0 Å². The number of carbonyl (C=O) groups excluding carboxylic acids is 1. The predicted octanol–water partition coefficient (Wildman–Crippen LogP) is -0.259. The number of hydrogen-bond acceptors (Lipinski definition) is 3. The molecule has 82 valence electrons. The van der Waals surface area contributed by atoms with Gasteiger partial charge in [-0.05, 0) is 25.5 Å². The Morgan fingerprint density at radius 3 is 3.13 bits per heavy atom. The third-order valence-electron chi connectivity index (χ3n) is 3.02. The number of primary amides is 1. The molecule has 0 aromatic carbocycles. The zero-order valence-electron chi connectivity index (χ0n) is 8.81. The van der Waals surface area contributed by atoms with Crippen molar-refractivity contribution in [3.8, 4) is 0 Å². The van der Waals surface area contributed by atoms with Crippen LogP contribution in [0.1, 0.15) is 24.5 Å². The topological polar surface area (TPSA) is 72.9 Å². The molecule has 15 heavy (non-hydrogen) atoms. The lowest BCUT2D eigenvalue weighted by Crippen LogP contribution is -2.46. The average Bonchev–Trinajstić information content (AvgIpc) is 2.64. The van der Waals surface area contributed by atoms with Gasteiger partial charge in [0.05, 0.1) is 6.04 Å². The Balaban J connectivity index is 2.11. The molecule has 1 amide bonds. The molecular formula is C10H16N4O. The predicted molar refractivity (Wildman–Crippen MR) is 56.2 cm³/mol. The summed E-state index contributed by atoms with van der Waals surface area (Å²) in [5, 5.41) is 7.27. The maximum absolute atomic E-state index is 11.1. The lowest BCUT2D eigenvalue weighted by molar-refractivity contribution is -0.120. The van der Waals surface area contributed by atoms with Gasteiger partial charge in [-0.3, -0.25) is 9.48 Å². The smallest absolute Gasteiger partial charge is 0.234 e. The van der Waals surface area contributed by atoms with Crippen LogP contribution in [0.5, 0.6) is 0 Å². The molecule has 1 aliphatic rings. The van der Waals surface area contributed by atoms with Crippen LogP contribution in [0.3, 0.4) is 0 Å². The van der Waals surface area contributed by atoms with Gasteiger partial charge in [0.15, 0.2) is 0 Å². The number of aromatic nitrogens is 2. The molecule has 0 radical (unpaired) electrons. The minimum Gasteiger partial charge on any atom is -0.368 e. The maximum atomic E-state index is 11.1. The van der Waals surface area contributed by atoms with Crippen LogP contribution < -0.4 is 11.1 Å². The van der Waals surface area contributed by atoms with E-state index in [2.05, 4.69) is 10.4 Å². The summed E-state index contributed by atoms with van der Waals surface area (Å²) in [6, 6.07) is 1.81. The molecule has 0 saturated carbocycles. The highest BCUT2D eigenvalue weighted by Crippen LogP contribution is 2.26. The van der Waals surface area contributed by atoms with Gasteiger partial charge in [0.25, 0.3) is 0 Å². The summed E-state index contributed by atoms with van der Waals surface area (Å²) in [5.74, 6) is 0.123. The molecule has 3 N–H and O–H groups in total. The summed E-state index contributed by atoms with van der Waals surface area (Å²) in [7, 11) is 1.93. The van der Waals surface area contributed by atoms with Crippen LogP contribution in [0.2, 0.25) is 0 Å². The molecule has 1 aromatic heterocycles. The molecule has 1 saturated heterocycles. The van der Waals surface area contributed by atoms with Crippen molar-refractivity contribution in [2.24, 2.45) is 12.8 Å². The Morgan fingerprint density at radius 2 is 2.53 bits per heavy atom. The van der Waals surface area contributed by atoms with E-state index in [9.17, 15) is 4.79 Å². The Kier molecular flexibility index (Phi) is 2.73. The molecule has 2 atom stereocenters. The first-order valence-corrected chi connectivity index (χ1v) is 5.19. The number of hydrogen-bond donors (Lipinski definition) is 2. The van der Waals surface area contributed by atoms with Crippen molar-refractivity contribution in [2.75, 3.05) is 6.54 Å². The van der Waals surface area contributed by atoms with Gasteiger partial charge in [-0.25, -0.2) is 0 Å². The first-order valence-electron chi connectivity index (χ1n) is 5.19. The van der Waals surface area contributed by atoms with Crippen LogP contribution in [0.4, 0.5) is 0 Å². The van der Waals surface area contributed by atoms with Gasteiger partial charge in [0, 0.05) is 24.9 Å². The van der Waals surface area contributed by atoms with E-state index in [4.69, 9.17) is 5.73 Å². The van der Waals surface area contributed by atoms with E-state index in [1.165, 1.54) is 5.69 Å². The molecule has 2 heterocycles. The van der Waals surface area contributed by atoms with E-state index in [0.717, 1.165) is 19.4 Å². The monoisotopic (exact) mass is 208 g/mol. The van der Waals surface area contributed by atoms with Crippen molar-refractivity contribution in [1.82, 2.24) is 15.1 Å². The molecule has 5 heteroatoms. The second-order valence-corrected chi connectivity index (χ2v) is 4.01. The normalized spacial score (nSPS) is 26.5. The summed E-state index contributed by atoms with van der Waals surface area (Å²) >= 11 is 0. The van der Waals surface area contributed by atoms with Crippen LogP contribution in [-0.4, -0.2) is 28.3 Å². The molecular weight excluding hydrogens is 192 g/mol. The fourth-order valence-corrected chi connectivity index (χ4v) is 2.19. The number of nitrogens with one attached hydrogen (secondary N) is 1. The zero-order chi connectivity index (χ0) is 10.8. The molecule has 5 nitrogen and oxygen atoms in total. The van der Waals surface area contributed by atoms with Crippen LogP contribution in [-0.2, 0) is 11.8 Å². The summed E-state index contributed by atoms with van der Waals surface area (Å²) in [6.45, 7) is 0.837. The fraction of sp³-hybridized carbons (Fsp3) is 0.600. The first kappa shape index (κ1) is 10.2. The second-order valence-electron chi connectivity index (χ2n) is 4.01. The number of nitrogens with zero attached hydrogens (tertiary/aromatic N) is 2. The summed E-state index contributed by atoms with van der Waals surface area (Å²) in [5.41, 5.74) is 6.48. The van der Waals surface area contributed by atoms with Crippen LogP contribution in [0, 0.1) is 0 Å². The number of rotatable bonds is 2. The summed E-state index contributed by atoms with van der Waals surface area (Å²) in [4.78, 5) is 11.1. The quantitative estimate of drug-likeness (QED) is 0.703. The van der Waals surface area contributed by atoms with Crippen molar-refractivity contribution >= 4 is 5.91 Å². The van der Waals surface area contributed by atoms with Gasteiger partial charge in [0.1, 0.15) is 0 Å². The van der Waals surface area contributed by atoms with Crippen LogP contribution in [0.25, 0.3) is 0 Å². The Bertz CT molecular complexity index is 360. The molecule has 0 spiro atoms. The van der Waals surface area contributed by atoms with Gasteiger partial charge in [-0.2, -0.15) is 5.10 Å². The van der Waals surface area contributed by atoms with E-state index in [-0.39, 0.29) is 11.9 Å². The SMILES string of the molecule is Cn1nccc1C1CCNC(C(N)=O)C1. The van der Waals surface area contributed by atoms with Crippen molar-refractivity contribution in [3.63, 3.8) is 0 Å². The maximum Gasteiger partial charge on any atom is 0.234 e. The van der Waals surface area contributed by atoms with Gasteiger partial charge >= 0.3 is 0 Å². The standard InChI is InChI=1S/C10H16N4O/c1-14-9(3-5-13-14)7-2-4-12-8(6-7)10(11)15/h3,5,7-8,12H,2,4,6H2,1H3,(H2,11,15). The van der Waals surface area contributed by atoms with E-state index < -0.39 is 0 Å². The molecule has 0 bridgehead atoms. The Hall–Kier alpha value is -1.36. The van der Waals surface area contributed by atoms with Gasteiger partial charge in [0.2, 0.25) is 5.91 Å². The molecule has 0 aliphatic carbocycles. The highest BCUT2D eigenvalue weighted by Gasteiger charge is 2.27. The average molecular weight is 208 g/mol. The van der Waals surface area contributed by atoms with Gasteiger partial charge in [-0.1, -0.05) is 0 Å². The number of amides is 1. The van der Waals surface area contributed by atoms with Crippen LogP contribution in [0.15, 0.2) is 12.3 Å². The summed E-state index contributed by atoms with van der Waals surface area (Å²) < 4.78 is 1.87. The molecule has 1 fully saturated rings. The molecule has 2 rings (SSSR count). The molecule has 2 unspecified atom stereocenters. The minimum atomic E-state index is -0.262. The van der Waals surface area contributed by atoms with Crippen molar-refractivity contribution in [3.05, 3.63) is 18.0 Å². The van der Waals surface area contributed by atoms with Crippen molar-refractivity contribution in [2.45, 2.75) is 24.8 Å². The third kappa shape index (κ3) is 2.02. The first-order chi connectivity index (χ1) is 7.18. The number of aryl methyl sites for hydroxylation is 1. The lowest BCUT2D eigenvalue weighted by atomic mass is 9.89.